The van der Waals surface area contributed by atoms with Crippen LogP contribution in [0.25, 0.3) is 6.08 Å². The minimum absolute atomic E-state index is 0.590. The fourth-order valence-electron chi connectivity index (χ4n) is 2.21. The number of aliphatic hydroxyl groups excluding tert-OH is 2. The second-order valence-corrected chi connectivity index (χ2v) is 4.58. The van der Waals surface area contributed by atoms with Crippen molar-refractivity contribution < 1.29 is 19.9 Å². The van der Waals surface area contributed by atoms with Gasteiger partial charge in [0.1, 0.15) is 11.8 Å². The lowest BCUT2D eigenvalue weighted by atomic mass is 10.0. The maximum absolute atomic E-state index is 11.0. The summed E-state index contributed by atoms with van der Waals surface area (Å²) in [5, 5.41) is 35.1. The van der Waals surface area contributed by atoms with Crippen molar-refractivity contribution in [3.8, 4) is 5.75 Å². The van der Waals surface area contributed by atoms with E-state index in [1.165, 1.54) is 13.2 Å². The average Bonchev–Trinajstić information content (AvgIpc) is 2.44. The zero-order valence-corrected chi connectivity index (χ0v) is 11.3. The summed E-state index contributed by atoms with van der Waals surface area (Å²) < 4.78 is 5.19. The van der Waals surface area contributed by atoms with Gasteiger partial charge in [0.2, 0.25) is 0 Å². The SMILES string of the molecule is COc1ccccc1/C=C/C1NC(O)NC(O)C1[N+](=O)[O-]. The van der Waals surface area contributed by atoms with E-state index in [0.717, 1.165) is 5.56 Å². The van der Waals surface area contributed by atoms with Gasteiger partial charge in [0.05, 0.1) is 7.11 Å². The molecule has 21 heavy (non-hydrogen) atoms. The van der Waals surface area contributed by atoms with Gasteiger partial charge in [-0.05, 0) is 6.07 Å². The number of para-hydroxylation sites is 1. The van der Waals surface area contributed by atoms with E-state index in [0.29, 0.717) is 5.75 Å². The molecular formula is C13H17N3O5. The van der Waals surface area contributed by atoms with Crippen LogP contribution in [0.4, 0.5) is 0 Å². The number of nitrogens with one attached hydrogen (secondary N) is 2. The molecule has 1 aliphatic rings. The molecule has 1 aliphatic heterocycles. The smallest absolute Gasteiger partial charge is 0.270 e. The van der Waals surface area contributed by atoms with Crippen LogP contribution >= 0.6 is 0 Å². The van der Waals surface area contributed by atoms with Gasteiger partial charge in [0.15, 0.2) is 12.6 Å². The van der Waals surface area contributed by atoms with Crippen molar-refractivity contribution in [2.75, 3.05) is 7.11 Å². The van der Waals surface area contributed by atoms with E-state index in [9.17, 15) is 20.3 Å². The predicted octanol–water partition coefficient (Wildman–Crippen LogP) is -0.491. The Labute approximate surface area is 121 Å². The highest BCUT2D eigenvalue weighted by molar-refractivity contribution is 5.57. The largest absolute Gasteiger partial charge is 0.496 e. The quantitative estimate of drug-likeness (QED) is 0.437. The minimum Gasteiger partial charge on any atom is -0.496 e. The van der Waals surface area contributed by atoms with Gasteiger partial charge < -0.3 is 14.9 Å². The highest BCUT2D eigenvalue weighted by Crippen LogP contribution is 2.20. The summed E-state index contributed by atoms with van der Waals surface area (Å²) >= 11 is 0. The first kappa shape index (κ1) is 15.4. The number of benzene rings is 1. The highest BCUT2D eigenvalue weighted by Gasteiger charge is 2.42. The summed E-state index contributed by atoms with van der Waals surface area (Å²) in [7, 11) is 1.53. The number of methoxy groups -OCH3 is 1. The molecule has 4 N–H and O–H groups in total. The molecule has 0 radical (unpaired) electrons. The van der Waals surface area contributed by atoms with Crippen molar-refractivity contribution in [2.24, 2.45) is 0 Å². The molecule has 114 valence electrons. The monoisotopic (exact) mass is 295 g/mol. The molecule has 1 aromatic rings. The molecule has 0 aliphatic carbocycles. The van der Waals surface area contributed by atoms with Crippen molar-refractivity contribution in [2.45, 2.75) is 24.7 Å². The van der Waals surface area contributed by atoms with Crippen molar-refractivity contribution >= 4 is 6.08 Å². The first-order chi connectivity index (χ1) is 10.0. The van der Waals surface area contributed by atoms with Crippen LogP contribution < -0.4 is 15.4 Å². The molecular weight excluding hydrogens is 278 g/mol. The Balaban J connectivity index is 2.22. The summed E-state index contributed by atoms with van der Waals surface area (Å²) in [6, 6.07) is 5.06. The molecule has 1 saturated heterocycles. The average molecular weight is 295 g/mol. The van der Waals surface area contributed by atoms with Crippen molar-refractivity contribution in [1.29, 1.82) is 0 Å². The van der Waals surface area contributed by atoms with E-state index in [4.69, 9.17) is 4.74 Å². The lowest BCUT2D eigenvalue weighted by molar-refractivity contribution is -0.543. The normalized spacial score (nSPS) is 29.5. The molecule has 1 fully saturated rings. The maximum atomic E-state index is 11.0. The lowest BCUT2D eigenvalue weighted by Gasteiger charge is -2.33. The van der Waals surface area contributed by atoms with Crippen LogP contribution in [0.3, 0.4) is 0 Å². The molecule has 4 unspecified atom stereocenters. The fraction of sp³-hybridized carbons (Fsp3) is 0.385. The van der Waals surface area contributed by atoms with Gasteiger partial charge in [-0.2, -0.15) is 0 Å². The van der Waals surface area contributed by atoms with Gasteiger partial charge in [0, 0.05) is 10.5 Å². The standard InChI is InChI=1S/C13H17N3O5/c1-21-10-5-3-2-4-8(10)6-7-9-11(16(19)20)12(17)15-13(18)14-9/h2-7,9,11-15,17-18H,1H3/b7-6+. The van der Waals surface area contributed by atoms with E-state index in [2.05, 4.69) is 10.6 Å². The molecule has 0 amide bonds. The molecule has 1 aromatic carbocycles. The van der Waals surface area contributed by atoms with E-state index < -0.39 is 29.6 Å². The number of rotatable bonds is 4. The van der Waals surface area contributed by atoms with Gasteiger partial charge in [-0.3, -0.25) is 15.4 Å². The summed E-state index contributed by atoms with van der Waals surface area (Å²) in [5.74, 6) is 0.626. The van der Waals surface area contributed by atoms with E-state index >= 15 is 0 Å². The van der Waals surface area contributed by atoms with E-state index in [1.54, 1.807) is 18.2 Å². The lowest BCUT2D eigenvalue weighted by Crippen LogP contribution is -2.67. The molecule has 8 heteroatoms. The zero-order chi connectivity index (χ0) is 15.4. The van der Waals surface area contributed by atoms with Crippen LogP contribution in [0.1, 0.15) is 5.56 Å². The number of nitro groups is 1. The van der Waals surface area contributed by atoms with Gasteiger partial charge >= 0.3 is 0 Å². The van der Waals surface area contributed by atoms with Crippen LogP contribution in [-0.2, 0) is 0 Å². The number of ether oxygens (including phenoxy) is 1. The van der Waals surface area contributed by atoms with Crippen LogP contribution in [0.15, 0.2) is 30.3 Å². The van der Waals surface area contributed by atoms with Gasteiger partial charge in [-0.1, -0.05) is 30.4 Å². The Bertz CT molecular complexity index is 536. The first-order valence-corrected chi connectivity index (χ1v) is 6.36. The Morgan fingerprint density at radius 1 is 1.33 bits per heavy atom. The zero-order valence-electron chi connectivity index (χ0n) is 11.3. The third-order valence-corrected chi connectivity index (χ3v) is 3.24. The van der Waals surface area contributed by atoms with Crippen molar-refractivity contribution in [3.05, 3.63) is 46.0 Å². The summed E-state index contributed by atoms with van der Waals surface area (Å²) in [5.41, 5.74) is 0.742. The van der Waals surface area contributed by atoms with Gasteiger partial charge in [-0.15, -0.1) is 0 Å². The predicted molar refractivity (Wildman–Crippen MR) is 74.9 cm³/mol. The molecule has 4 atom stereocenters. The molecule has 2 rings (SSSR count). The highest BCUT2D eigenvalue weighted by atomic mass is 16.6. The summed E-state index contributed by atoms with van der Waals surface area (Å²) in [6.07, 6.45) is 0.517. The second kappa shape index (κ2) is 6.64. The van der Waals surface area contributed by atoms with Gasteiger partial charge in [-0.25, -0.2) is 5.32 Å². The number of hydrogen-bond acceptors (Lipinski definition) is 7. The Kier molecular flexibility index (Phi) is 4.86. The van der Waals surface area contributed by atoms with Crippen LogP contribution in [0, 0.1) is 10.1 Å². The Morgan fingerprint density at radius 2 is 2.05 bits per heavy atom. The third-order valence-electron chi connectivity index (χ3n) is 3.24. The Morgan fingerprint density at radius 3 is 2.71 bits per heavy atom. The second-order valence-electron chi connectivity index (χ2n) is 4.58. The number of nitrogens with zero attached hydrogens (tertiary/aromatic N) is 1. The summed E-state index contributed by atoms with van der Waals surface area (Å²) in [6.45, 7) is 0. The number of hydrogen-bond donors (Lipinski definition) is 4. The fourth-order valence-corrected chi connectivity index (χ4v) is 2.21. The van der Waals surface area contributed by atoms with E-state index in [1.807, 2.05) is 12.1 Å². The van der Waals surface area contributed by atoms with Gasteiger partial charge in [0.25, 0.3) is 6.04 Å². The van der Waals surface area contributed by atoms with E-state index in [-0.39, 0.29) is 0 Å². The maximum Gasteiger partial charge on any atom is 0.270 e. The molecule has 1 heterocycles. The minimum atomic E-state index is -1.44. The van der Waals surface area contributed by atoms with Crippen molar-refractivity contribution in [3.63, 3.8) is 0 Å². The molecule has 0 saturated carbocycles. The van der Waals surface area contributed by atoms with Crippen LogP contribution in [0.2, 0.25) is 0 Å². The molecule has 0 bridgehead atoms. The molecule has 8 nitrogen and oxygen atoms in total. The Hall–Kier alpha value is -2.00. The third kappa shape index (κ3) is 3.56. The van der Waals surface area contributed by atoms with Crippen LogP contribution in [0.5, 0.6) is 5.75 Å². The topological polar surface area (TPSA) is 117 Å². The number of aliphatic hydroxyl groups is 2. The molecule has 0 aromatic heterocycles. The molecule has 0 spiro atoms. The van der Waals surface area contributed by atoms with Crippen molar-refractivity contribution in [1.82, 2.24) is 10.6 Å². The van der Waals surface area contributed by atoms with Crippen LogP contribution in [-0.4, -0.2) is 46.9 Å². The first-order valence-electron chi connectivity index (χ1n) is 6.36. The summed E-state index contributed by atoms with van der Waals surface area (Å²) in [4.78, 5) is 10.5.